The highest BCUT2D eigenvalue weighted by atomic mass is 16.1. The van der Waals surface area contributed by atoms with E-state index >= 15 is 0 Å². The van der Waals surface area contributed by atoms with Gasteiger partial charge in [0.05, 0.1) is 0 Å². The lowest BCUT2D eigenvalue weighted by molar-refractivity contribution is -0.114. The van der Waals surface area contributed by atoms with Gasteiger partial charge >= 0.3 is 0 Å². The number of amides is 1. The lowest BCUT2D eigenvalue weighted by atomic mass is 10.3. The van der Waals surface area contributed by atoms with Gasteiger partial charge in [-0.2, -0.15) is 0 Å². The number of carbonyl (C=O) groups is 1. The zero-order chi connectivity index (χ0) is 8.97. The molecule has 0 spiro atoms. The van der Waals surface area contributed by atoms with Crippen LogP contribution in [-0.2, 0) is 11.2 Å². The number of anilines is 1. The Morgan fingerprint density at radius 3 is 2.92 bits per heavy atom. The standard InChI is InChI=1S/C8H11N3O/c1-3-7-4-8(10-5-9-7)11-6(2)12/h4-5H,3H2,1-2H3,(H,9,10,11,12). The van der Waals surface area contributed by atoms with Gasteiger partial charge in [0.15, 0.2) is 0 Å². The van der Waals surface area contributed by atoms with Crippen molar-refractivity contribution in [3.05, 3.63) is 18.1 Å². The quantitative estimate of drug-likeness (QED) is 0.711. The predicted molar refractivity (Wildman–Crippen MR) is 45.7 cm³/mol. The van der Waals surface area contributed by atoms with Gasteiger partial charge in [-0.3, -0.25) is 4.79 Å². The summed E-state index contributed by atoms with van der Waals surface area (Å²) in [4.78, 5) is 18.5. The molecule has 0 aliphatic rings. The molecule has 1 rings (SSSR count). The Balaban J connectivity index is 2.79. The Morgan fingerprint density at radius 2 is 2.33 bits per heavy atom. The molecule has 0 aromatic carbocycles. The molecule has 1 N–H and O–H groups in total. The summed E-state index contributed by atoms with van der Waals surface area (Å²) < 4.78 is 0. The normalized spacial score (nSPS) is 9.50. The summed E-state index contributed by atoms with van der Waals surface area (Å²) in [6.07, 6.45) is 2.29. The maximum atomic E-state index is 10.6. The maximum Gasteiger partial charge on any atom is 0.222 e. The van der Waals surface area contributed by atoms with Gasteiger partial charge < -0.3 is 5.32 Å². The summed E-state index contributed by atoms with van der Waals surface area (Å²) in [5, 5.41) is 2.59. The van der Waals surface area contributed by atoms with E-state index in [0.717, 1.165) is 12.1 Å². The first-order valence-corrected chi connectivity index (χ1v) is 3.81. The van der Waals surface area contributed by atoms with E-state index in [0.29, 0.717) is 5.82 Å². The molecule has 64 valence electrons. The van der Waals surface area contributed by atoms with E-state index in [-0.39, 0.29) is 5.91 Å². The summed E-state index contributed by atoms with van der Waals surface area (Å²) in [5.74, 6) is 0.449. The molecule has 4 heteroatoms. The highest BCUT2D eigenvalue weighted by Crippen LogP contribution is 2.03. The first kappa shape index (κ1) is 8.64. The summed E-state index contributed by atoms with van der Waals surface area (Å²) in [6, 6.07) is 1.77. The van der Waals surface area contributed by atoms with E-state index in [1.54, 1.807) is 6.07 Å². The topological polar surface area (TPSA) is 54.9 Å². The van der Waals surface area contributed by atoms with Crippen LogP contribution in [-0.4, -0.2) is 15.9 Å². The van der Waals surface area contributed by atoms with Crippen molar-refractivity contribution in [3.63, 3.8) is 0 Å². The molecule has 4 nitrogen and oxygen atoms in total. The number of aryl methyl sites for hydroxylation is 1. The molecule has 0 fully saturated rings. The van der Waals surface area contributed by atoms with Gasteiger partial charge in [0.1, 0.15) is 12.1 Å². The minimum Gasteiger partial charge on any atom is -0.311 e. The Kier molecular flexibility index (Phi) is 2.74. The van der Waals surface area contributed by atoms with Crippen LogP contribution in [0.15, 0.2) is 12.4 Å². The third kappa shape index (κ3) is 2.30. The molecular formula is C8H11N3O. The van der Waals surface area contributed by atoms with Crippen LogP contribution in [0.4, 0.5) is 5.82 Å². The summed E-state index contributed by atoms with van der Waals surface area (Å²) in [6.45, 7) is 3.45. The molecule has 12 heavy (non-hydrogen) atoms. The van der Waals surface area contributed by atoms with E-state index in [2.05, 4.69) is 15.3 Å². The molecule has 0 radical (unpaired) electrons. The highest BCUT2D eigenvalue weighted by molar-refractivity contribution is 5.87. The van der Waals surface area contributed by atoms with Crippen molar-refractivity contribution < 1.29 is 4.79 Å². The SMILES string of the molecule is CCc1cc(NC(C)=O)ncn1. The average molecular weight is 165 g/mol. The largest absolute Gasteiger partial charge is 0.311 e. The fourth-order valence-electron chi connectivity index (χ4n) is 0.840. The van der Waals surface area contributed by atoms with E-state index in [4.69, 9.17) is 0 Å². The first-order valence-electron chi connectivity index (χ1n) is 3.81. The van der Waals surface area contributed by atoms with Crippen molar-refractivity contribution in [2.45, 2.75) is 20.3 Å². The van der Waals surface area contributed by atoms with E-state index in [1.807, 2.05) is 6.92 Å². The number of aromatic nitrogens is 2. The van der Waals surface area contributed by atoms with Gasteiger partial charge in [-0.05, 0) is 6.42 Å². The molecule has 0 bridgehead atoms. The van der Waals surface area contributed by atoms with Crippen molar-refractivity contribution in [1.29, 1.82) is 0 Å². The van der Waals surface area contributed by atoms with Crippen molar-refractivity contribution in [3.8, 4) is 0 Å². The molecule has 0 aliphatic heterocycles. The molecule has 1 aromatic heterocycles. The van der Waals surface area contributed by atoms with Gasteiger partial charge in [-0.1, -0.05) is 6.92 Å². The Bertz CT molecular complexity index is 285. The molecule has 1 heterocycles. The first-order chi connectivity index (χ1) is 5.72. The van der Waals surface area contributed by atoms with Crippen molar-refractivity contribution >= 4 is 11.7 Å². The van der Waals surface area contributed by atoms with Crippen LogP contribution >= 0.6 is 0 Å². The smallest absolute Gasteiger partial charge is 0.222 e. The summed E-state index contributed by atoms with van der Waals surface area (Å²) >= 11 is 0. The maximum absolute atomic E-state index is 10.6. The minimum atomic E-state index is -0.115. The van der Waals surface area contributed by atoms with Gasteiger partial charge in [-0.25, -0.2) is 9.97 Å². The molecule has 0 atom stereocenters. The third-order valence-electron chi connectivity index (χ3n) is 1.39. The lowest BCUT2D eigenvalue weighted by Crippen LogP contribution is -2.08. The van der Waals surface area contributed by atoms with Crippen LogP contribution < -0.4 is 5.32 Å². The predicted octanol–water partition coefficient (Wildman–Crippen LogP) is 0.997. The fourth-order valence-corrected chi connectivity index (χ4v) is 0.840. The molecule has 0 unspecified atom stereocenters. The Morgan fingerprint density at radius 1 is 1.58 bits per heavy atom. The highest BCUT2D eigenvalue weighted by Gasteiger charge is 1.97. The average Bonchev–Trinajstić information content (AvgIpc) is 2.03. The van der Waals surface area contributed by atoms with Gasteiger partial charge in [0.2, 0.25) is 5.91 Å². The number of rotatable bonds is 2. The van der Waals surface area contributed by atoms with Crippen LogP contribution in [0.3, 0.4) is 0 Å². The fraction of sp³-hybridized carbons (Fsp3) is 0.375. The van der Waals surface area contributed by atoms with E-state index < -0.39 is 0 Å². The molecular weight excluding hydrogens is 154 g/mol. The lowest BCUT2D eigenvalue weighted by Gasteiger charge is -2.00. The van der Waals surface area contributed by atoms with Gasteiger partial charge in [0.25, 0.3) is 0 Å². The zero-order valence-electron chi connectivity index (χ0n) is 7.16. The summed E-state index contributed by atoms with van der Waals surface area (Å²) in [7, 11) is 0. The second-order valence-corrected chi connectivity index (χ2v) is 2.43. The van der Waals surface area contributed by atoms with Crippen LogP contribution in [0.1, 0.15) is 19.5 Å². The van der Waals surface area contributed by atoms with Crippen molar-refractivity contribution in [1.82, 2.24) is 9.97 Å². The number of hydrogen-bond donors (Lipinski definition) is 1. The Hall–Kier alpha value is -1.45. The van der Waals surface area contributed by atoms with Crippen molar-refractivity contribution in [2.24, 2.45) is 0 Å². The zero-order valence-corrected chi connectivity index (χ0v) is 7.16. The molecule has 1 amide bonds. The summed E-state index contributed by atoms with van der Waals surface area (Å²) in [5.41, 5.74) is 0.925. The number of carbonyl (C=O) groups excluding carboxylic acids is 1. The molecule has 0 saturated carbocycles. The molecule has 0 aliphatic carbocycles. The molecule has 1 aromatic rings. The van der Waals surface area contributed by atoms with Crippen LogP contribution in [0.25, 0.3) is 0 Å². The van der Waals surface area contributed by atoms with Crippen LogP contribution in [0, 0.1) is 0 Å². The minimum absolute atomic E-state index is 0.115. The van der Waals surface area contributed by atoms with Crippen LogP contribution in [0.5, 0.6) is 0 Å². The third-order valence-corrected chi connectivity index (χ3v) is 1.39. The van der Waals surface area contributed by atoms with Gasteiger partial charge in [-0.15, -0.1) is 0 Å². The number of nitrogens with zero attached hydrogens (tertiary/aromatic N) is 2. The monoisotopic (exact) mass is 165 g/mol. The number of hydrogen-bond acceptors (Lipinski definition) is 3. The molecule has 0 saturated heterocycles. The number of nitrogens with one attached hydrogen (secondary N) is 1. The van der Waals surface area contributed by atoms with Crippen LogP contribution in [0.2, 0.25) is 0 Å². The van der Waals surface area contributed by atoms with E-state index in [1.165, 1.54) is 13.3 Å². The second kappa shape index (κ2) is 3.80. The second-order valence-electron chi connectivity index (χ2n) is 2.43. The van der Waals surface area contributed by atoms with E-state index in [9.17, 15) is 4.79 Å². The Labute approximate surface area is 71.0 Å². The van der Waals surface area contributed by atoms with Crippen molar-refractivity contribution in [2.75, 3.05) is 5.32 Å². The van der Waals surface area contributed by atoms with Gasteiger partial charge in [0, 0.05) is 18.7 Å².